The fourth-order valence-electron chi connectivity index (χ4n) is 6.23. The van der Waals surface area contributed by atoms with Gasteiger partial charge in [0.1, 0.15) is 11.1 Å². The van der Waals surface area contributed by atoms with Crippen molar-refractivity contribution in [3.63, 3.8) is 0 Å². The molecule has 0 N–H and O–H groups in total. The summed E-state index contributed by atoms with van der Waals surface area (Å²) in [5.74, 6) is 0. The van der Waals surface area contributed by atoms with Crippen LogP contribution < -0.4 is 0 Å². The number of benzene rings is 5. The monoisotopic (exact) mass is 500 g/mol. The molecule has 0 aliphatic heterocycles. The molecule has 0 fully saturated rings. The van der Waals surface area contributed by atoms with Gasteiger partial charge in [-0.2, -0.15) is 0 Å². The standard InChI is InChI=1S/C34H20N4O/c1-2-8-21(9-3-1)37-28-12-6-4-10-23(28)25-16-17-26-24-11-5-7-13-29(24)38(33(26)32(25)37)22-14-15-27-30(20-22)39-34-31(27)35-18-19-36-34/h1-20H. The highest BCUT2D eigenvalue weighted by atomic mass is 16.3. The average molecular weight is 501 g/mol. The Kier molecular flexibility index (Phi) is 3.99. The highest BCUT2D eigenvalue weighted by Gasteiger charge is 2.21. The van der Waals surface area contributed by atoms with Crippen molar-refractivity contribution in [3.8, 4) is 11.4 Å². The Hall–Kier alpha value is -5.42. The lowest BCUT2D eigenvalue weighted by atomic mass is 10.1. The number of hydrogen-bond donors (Lipinski definition) is 0. The van der Waals surface area contributed by atoms with Gasteiger partial charge in [0.05, 0.1) is 27.8 Å². The van der Waals surface area contributed by atoms with Gasteiger partial charge in [-0.25, -0.2) is 9.97 Å². The SMILES string of the molecule is c1ccc(-n2c3ccccc3c3ccc4c5ccccc5n(-c5ccc6c(c5)oc5nccnc56)c4c32)cc1. The molecule has 4 aromatic heterocycles. The molecule has 0 spiro atoms. The van der Waals surface area contributed by atoms with Crippen molar-refractivity contribution in [1.29, 1.82) is 0 Å². The van der Waals surface area contributed by atoms with Crippen LogP contribution in [0, 0.1) is 0 Å². The molecule has 0 saturated carbocycles. The molecular formula is C34H20N4O. The highest BCUT2D eigenvalue weighted by Crippen LogP contribution is 2.42. The van der Waals surface area contributed by atoms with Crippen molar-refractivity contribution in [3.05, 3.63) is 122 Å². The van der Waals surface area contributed by atoms with Crippen molar-refractivity contribution in [2.45, 2.75) is 0 Å². The molecule has 0 aliphatic rings. The second kappa shape index (κ2) is 7.55. The Morgan fingerprint density at radius 2 is 1.08 bits per heavy atom. The van der Waals surface area contributed by atoms with Crippen LogP contribution in [0.1, 0.15) is 0 Å². The van der Waals surface area contributed by atoms with E-state index >= 15 is 0 Å². The second-order valence-electron chi connectivity index (χ2n) is 9.89. The number of hydrogen-bond acceptors (Lipinski definition) is 3. The van der Waals surface area contributed by atoms with Gasteiger partial charge in [-0.05, 0) is 36.4 Å². The summed E-state index contributed by atoms with van der Waals surface area (Å²) in [5, 5.41) is 5.86. The first-order valence-electron chi connectivity index (χ1n) is 13.0. The van der Waals surface area contributed by atoms with Crippen LogP contribution in [0.3, 0.4) is 0 Å². The van der Waals surface area contributed by atoms with E-state index in [1.54, 1.807) is 12.4 Å². The molecule has 0 atom stereocenters. The molecule has 0 saturated heterocycles. The van der Waals surface area contributed by atoms with E-state index in [0.717, 1.165) is 33.4 Å². The molecule has 0 aliphatic carbocycles. The normalized spacial score (nSPS) is 12.1. The van der Waals surface area contributed by atoms with Crippen LogP contribution in [0.25, 0.3) is 77.2 Å². The molecule has 9 rings (SSSR count). The van der Waals surface area contributed by atoms with Crippen LogP contribution in [-0.2, 0) is 0 Å². The first-order valence-corrected chi connectivity index (χ1v) is 13.0. The molecule has 0 bridgehead atoms. The van der Waals surface area contributed by atoms with Gasteiger partial charge >= 0.3 is 0 Å². The van der Waals surface area contributed by atoms with Crippen LogP contribution >= 0.6 is 0 Å². The van der Waals surface area contributed by atoms with Crippen molar-refractivity contribution in [1.82, 2.24) is 19.1 Å². The van der Waals surface area contributed by atoms with Gasteiger partial charge in [0.15, 0.2) is 0 Å². The fourth-order valence-corrected chi connectivity index (χ4v) is 6.23. The van der Waals surface area contributed by atoms with E-state index in [4.69, 9.17) is 4.42 Å². The van der Waals surface area contributed by atoms with E-state index in [-0.39, 0.29) is 0 Å². The van der Waals surface area contributed by atoms with E-state index in [1.165, 1.54) is 38.1 Å². The van der Waals surface area contributed by atoms with E-state index in [1.807, 2.05) is 0 Å². The number of para-hydroxylation sites is 3. The minimum atomic E-state index is 0.554. The maximum atomic E-state index is 6.15. The van der Waals surface area contributed by atoms with Gasteiger partial charge in [0.25, 0.3) is 0 Å². The molecule has 39 heavy (non-hydrogen) atoms. The van der Waals surface area contributed by atoms with Gasteiger partial charge in [-0.3, -0.25) is 0 Å². The van der Waals surface area contributed by atoms with E-state index in [0.29, 0.717) is 5.71 Å². The van der Waals surface area contributed by atoms with Crippen molar-refractivity contribution >= 4 is 65.8 Å². The topological polar surface area (TPSA) is 48.8 Å². The molecule has 9 aromatic rings. The second-order valence-corrected chi connectivity index (χ2v) is 9.89. The van der Waals surface area contributed by atoms with Crippen LogP contribution in [0.15, 0.2) is 126 Å². The molecule has 0 amide bonds. The van der Waals surface area contributed by atoms with Gasteiger partial charge in [-0.1, -0.05) is 66.7 Å². The van der Waals surface area contributed by atoms with Gasteiger partial charge in [0.2, 0.25) is 5.71 Å². The quantitative estimate of drug-likeness (QED) is 0.239. The summed E-state index contributed by atoms with van der Waals surface area (Å²) in [4.78, 5) is 8.89. The van der Waals surface area contributed by atoms with E-state index in [9.17, 15) is 0 Å². The number of nitrogens with zero attached hydrogens (tertiary/aromatic N) is 4. The third-order valence-corrected chi connectivity index (χ3v) is 7.83. The fraction of sp³-hybridized carbons (Fsp3) is 0. The minimum absolute atomic E-state index is 0.554. The summed E-state index contributed by atoms with van der Waals surface area (Å²) >= 11 is 0. The molecule has 5 nitrogen and oxygen atoms in total. The maximum absolute atomic E-state index is 6.15. The van der Waals surface area contributed by atoms with Crippen molar-refractivity contribution in [2.75, 3.05) is 0 Å². The Morgan fingerprint density at radius 1 is 0.487 bits per heavy atom. The molecule has 0 radical (unpaired) electrons. The zero-order valence-corrected chi connectivity index (χ0v) is 20.7. The predicted molar refractivity (Wildman–Crippen MR) is 158 cm³/mol. The number of rotatable bonds is 2. The maximum Gasteiger partial charge on any atom is 0.246 e. The van der Waals surface area contributed by atoms with Gasteiger partial charge < -0.3 is 13.6 Å². The van der Waals surface area contributed by atoms with Gasteiger partial charge in [-0.15, -0.1) is 0 Å². The summed E-state index contributed by atoms with van der Waals surface area (Å²) in [6.45, 7) is 0. The lowest BCUT2D eigenvalue weighted by Crippen LogP contribution is -1.98. The predicted octanol–water partition coefficient (Wildman–Crippen LogP) is 8.57. The molecular weight excluding hydrogens is 480 g/mol. The first-order chi connectivity index (χ1) is 19.4. The Bertz CT molecular complexity index is 2390. The molecule has 5 heteroatoms. The summed E-state index contributed by atoms with van der Waals surface area (Å²) in [5.41, 5.74) is 8.97. The lowest BCUT2D eigenvalue weighted by Gasteiger charge is -2.12. The molecule has 4 heterocycles. The van der Waals surface area contributed by atoms with Crippen LogP contribution in [-0.4, -0.2) is 19.1 Å². The third kappa shape index (κ3) is 2.73. The Balaban J connectivity index is 1.50. The smallest absolute Gasteiger partial charge is 0.246 e. The Morgan fingerprint density at radius 3 is 1.79 bits per heavy atom. The summed E-state index contributed by atoms with van der Waals surface area (Å²) in [7, 11) is 0. The summed E-state index contributed by atoms with van der Waals surface area (Å²) in [6.07, 6.45) is 3.37. The van der Waals surface area contributed by atoms with Crippen LogP contribution in [0.5, 0.6) is 0 Å². The lowest BCUT2D eigenvalue weighted by molar-refractivity contribution is 0.652. The van der Waals surface area contributed by atoms with E-state index < -0.39 is 0 Å². The summed E-state index contributed by atoms with van der Waals surface area (Å²) < 4.78 is 10.9. The molecule has 182 valence electrons. The van der Waals surface area contributed by atoms with Crippen molar-refractivity contribution in [2.24, 2.45) is 0 Å². The minimum Gasteiger partial charge on any atom is -0.436 e. The first kappa shape index (κ1) is 20.6. The Labute approximate surface area is 222 Å². The zero-order chi connectivity index (χ0) is 25.5. The van der Waals surface area contributed by atoms with Crippen LogP contribution in [0.4, 0.5) is 0 Å². The molecule has 5 aromatic carbocycles. The van der Waals surface area contributed by atoms with Gasteiger partial charge in [0, 0.05) is 51.1 Å². The number of furan rings is 1. The van der Waals surface area contributed by atoms with Crippen molar-refractivity contribution < 1.29 is 4.42 Å². The highest BCUT2D eigenvalue weighted by molar-refractivity contribution is 6.23. The average Bonchev–Trinajstić information content (AvgIpc) is 3.65. The number of fused-ring (bicyclic) bond motifs is 10. The third-order valence-electron chi connectivity index (χ3n) is 7.83. The van der Waals surface area contributed by atoms with Crippen LogP contribution in [0.2, 0.25) is 0 Å². The van der Waals surface area contributed by atoms with E-state index in [2.05, 4.69) is 128 Å². The zero-order valence-electron chi connectivity index (χ0n) is 20.7. The summed E-state index contributed by atoms with van der Waals surface area (Å²) in [6, 6.07) is 38.8. The molecule has 0 unspecified atom stereocenters. The largest absolute Gasteiger partial charge is 0.436 e. The number of aromatic nitrogens is 4.